The number of ether oxygens (including phenoxy) is 1. The number of nitrogens with zero attached hydrogens (tertiary/aromatic N) is 1. The van der Waals surface area contributed by atoms with Crippen LogP contribution in [0.15, 0.2) is 29.5 Å². The second kappa shape index (κ2) is 7.38. The molecule has 0 fully saturated rings. The summed E-state index contributed by atoms with van der Waals surface area (Å²) in [6.07, 6.45) is 0. The molecule has 1 aliphatic rings. The molecule has 1 aromatic carbocycles. The van der Waals surface area contributed by atoms with Gasteiger partial charge in [-0.05, 0) is 51.0 Å². The van der Waals surface area contributed by atoms with Gasteiger partial charge < -0.3 is 20.3 Å². The maximum Gasteiger partial charge on any atom is 0.337 e. The Balaban J connectivity index is 2.32. The number of anilines is 1. The van der Waals surface area contributed by atoms with Crippen molar-refractivity contribution in [2.45, 2.75) is 33.7 Å². The third kappa shape index (κ3) is 4.07. The summed E-state index contributed by atoms with van der Waals surface area (Å²) in [4.78, 5) is 26.1. The van der Waals surface area contributed by atoms with E-state index in [0.717, 1.165) is 5.69 Å². The minimum absolute atomic E-state index is 0.295. The van der Waals surface area contributed by atoms with Crippen LogP contribution in [0.2, 0.25) is 0 Å². The van der Waals surface area contributed by atoms with Crippen LogP contribution in [0.5, 0.6) is 0 Å². The Morgan fingerprint density at radius 1 is 1.25 bits per heavy atom. The molecule has 1 aliphatic heterocycles. The van der Waals surface area contributed by atoms with Crippen molar-refractivity contribution in [2.24, 2.45) is 0 Å². The molecule has 130 valence electrons. The molecule has 6 heteroatoms. The van der Waals surface area contributed by atoms with Crippen LogP contribution in [0.3, 0.4) is 0 Å². The highest BCUT2D eigenvalue weighted by Crippen LogP contribution is 2.21. The van der Waals surface area contributed by atoms with Crippen molar-refractivity contribution in [3.63, 3.8) is 0 Å². The highest BCUT2D eigenvalue weighted by Gasteiger charge is 2.30. The Morgan fingerprint density at radius 3 is 2.46 bits per heavy atom. The van der Waals surface area contributed by atoms with Crippen molar-refractivity contribution in [3.05, 3.63) is 40.6 Å². The molecule has 0 aromatic heterocycles. The van der Waals surface area contributed by atoms with E-state index < -0.39 is 5.97 Å². The van der Waals surface area contributed by atoms with E-state index in [4.69, 9.17) is 4.74 Å². The lowest BCUT2D eigenvalue weighted by Gasteiger charge is -2.30. The van der Waals surface area contributed by atoms with Gasteiger partial charge in [0.15, 0.2) is 0 Å². The van der Waals surface area contributed by atoms with Crippen molar-refractivity contribution in [3.8, 4) is 0 Å². The van der Waals surface area contributed by atoms with Gasteiger partial charge in [0.25, 0.3) is 0 Å². The van der Waals surface area contributed by atoms with Gasteiger partial charge in [0, 0.05) is 12.7 Å². The molecule has 24 heavy (non-hydrogen) atoms. The van der Waals surface area contributed by atoms with Gasteiger partial charge in [0.2, 0.25) is 0 Å². The number of nitrogens with one attached hydrogen (secondary N) is 2. The van der Waals surface area contributed by atoms with Crippen LogP contribution in [0.1, 0.15) is 25.0 Å². The second-order valence-corrected chi connectivity index (χ2v) is 6.13. The number of urea groups is 1. The maximum atomic E-state index is 12.3. The molecule has 0 aliphatic carbocycles. The number of hydrogen-bond acceptors (Lipinski definition) is 4. The van der Waals surface area contributed by atoms with Crippen LogP contribution < -0.4 is 15.5 Å². The van der Waals surface area contributed by atoms with Crippen molar-refractivity contribution < 1.29 is 14.3 Å². The van der Waals surface area contributed by atoms with Gasteiger partial charge >= 0.3 is 12.0 Å². The second-order valence-electron chi connectivity index (χ2n) is 6.13. The summed E-state index contributed by atoms with van der Waals surface area (Å²) in [5, 5.41) is 5.46. The zero-order chi connectivity index (χ0) is 17.9. The first kappa shape index (κ1) is 17.8. The van der Waals surface area contributed by atoms with Crippen LogP contribution >= 0.6 is 0 Å². The molecule has 2 rings (SSSR count). The molecule has 2 N–H and O–H groups in total. The maximum absolute atomic E-state index is 12.3. The number of carbonyl (C=O) groups is 2. The normalized spacial score (nSPS) is 17.2. The van der Waals surface area contributed by atoms with E-state index in [1.165, 1.54) is 11.1 Å². The van der Waals surface area contributed by atoms with E-state index in [-0.39, 0.29) is 12.1 Å². The van der Waals surface area contributed by atoms with E-state index in [9.17, 15) is 9.59 Å². The minimum atomic E-state index is -0.402. The number of likely N-dealkylation sites (N-methyl/N-ethyl adjacent to an activating group) is 1. The Labute approximate surface area is 142 Å². The highest BCUT2D eigenvalue weighted by atomic mass is 16.5. The van der Waals surface area contributed by atoms with Crippen molar-refractivity contribution >= 4 is 17.7 Å². The summed E-state index contributed by atoms with van der Waals surface area (Å²) >= 11 is 0. The first-order valence-corrected chi connectivity index (χ1v) is 8.09. The van der Waals surface area contributed by atoms with Crippen LogP contribution in [0.4, 0.5) is 10.5 Å². The van der Waals surface area contributed by atoms with Crippen molar-refractivity contribution in [1.29, 1.82) is 0 Å². The molecule has 0 spiro atoms. The largest absolute Gasteiger partial charge is 0.463 e. The summed E-state index contributed by atoms with van der Waals surface area (Å²) in [5.74, 6) is -0.402. The number of esters is 1. The van der Waals surface area contributed by atoms with Crippen molar-refractivity contribution in [2.75, 3.05) is 25.1 Å². The third-order valence-corrected chi connectivity index (χ3v) is 3.91. The fourth-order valence-electron chi connectivity index (χ4n) is 2.90. The molecular formula is C18H25N3O3. The van der Waals surface area contributed by atoms with Gasteiger partial charge in [-0.25, -0.2) is 9.59 Å². The smallest absolute Gasteiger partial charge is 0.337 e. The van der Waals surface area contributed by atoms with E-state index in [2.05, 4.69) is 28.8 Å². The highest BCUT2D eigenvalue weighted by molar-refractivity contribution is 5.94. The summed E-state index contributed by atoms with van der Waals surface area (Å²) in [7, 11) is 1.93. The Bertz CT molecular complexity index is 662. The zero-order valence-corrected chi connectivity index (χ0v) is 14.9. The fourth-order valence-corrected chi connectivity index (χ4v) is 2.90. The quantitative estimate of drug-likeness (QED) is 0.812. The molecule has 2 amide bonds. The van der Waals surface area contributed by atoms with E-state index >= 15 is 0 Å². The van der Waals surface area contributed by atoms with Gasteiger partial charge in [-0.3, -0.25) is 0 Å². The lowest BCUT2D eigenvalue weighted by atomic mass is 10.0. The van der Waals surface area contributed by atoms with Gasteiger partial charge in [-0.1, -0.05) is 6.07 Å². The zero-order valence-electron chi connectivity index (χ0n) is 14.9. The third-order valence-electron chi connectivity index (χ3n) is 3.91. The molecule has 0 bridgehead atoms. The fraction of sp³-hybridized carbons (Fsp3) is 0.444. The van der Waals surface area contributed by atoms with Crippen LogP contribution in [-0.4, -0.2) is 38.2 Å². The number of amides is 2. The summed E-state index contributed by atoms with van der Waals surface area (Å²) in [6, 6.07) is 5.56. The van der Waals surface area contributed by atoms with E-state index in [1.54, 1.807) is 13.8 Å². The monoisotopic (exact) mass is 331 g/mol. The molecule has 1 atom stereocenters. The Kier molecular flexibility index (Phi) is 5.49. The summed E-state index contributed by atoms with van der Waals surface area (Å²) in [6.45, 7) is 8.34. The SMILES string of the molecule is CCOC(=O)C1=C(CN(C)c2cc(C)cc(C)c2)NC(=O)NC1C. The molecular weight excluding hydrogens is 306 g/mol. The van der Waals surface area contributed by atoms with Crippen LogP contribution in [-0.2, 0) is 9.53 Å². The van der Waals surface area contributed by atoms with E-state index in [0.29, 0.717) is 24.4 Å². The lowest BCUT2D eigenvalue weighted by Crippen LogP contribution is -2.51. The van der Waals surface area contributed by atoms with Crippen LogP contribution in [0.25, 0.3) is 0 Å². The number of aryl methyl sites for hydroxylation is 2. The first-order chi connectivity index (χ1) is 11.3. The lowest BCUT2D eigenvalue weighted by molar-refractivity contribution is -0.138. The minimum Gasteiger partial charge on any atom is -0.463 e. The molecule has 1 aromatic rings. The van der Waals surface area contributed by atoms with Crippen LogP contribution in [0, 0.1) is 13.8 Å². The number of carbonyl (C=O) groups excluding carboxylic acids is 2. The van der Waals surface area contributed by atoms with Gasteiger partial charge in [0.1, 0.15) is 0 Å². The number of rotatable bonds is 5. The summed E-state index contributed by atoms with van der Waals surface area (Å²) in [5.41, 5.74) is 4.40. The Morgan fingerprint density at radius 2 is 1.88 bits per heavy atom. The predicted molar refractivity (Wildman–Crippen MR) is 94.0 cm³/mol. The summed E-state index contributed by atoms with van der Waals surface area (Å²) < 4.78 is 5.14. The Hall–Kier alpha value is -2.50. The van der Waals surface area contributed by atoms with E-state index in [1.807, 2.05) is 25.8 Å². The molecule has 0 saturated heterocycles. The predicted octanol–water partition coefficient (Wildman–Crippen LogP) is 2.26. The first-order valence-electron chi connectivity index (χ1n) is 8.09. The van der Waals surface area contributed by atoms with Crippen molar-refractivity contribution in [1.82, 2.24) is 10.6 Å². The standard InChI is InChI=1S/C18H25N3O3/c1-6-24-17(22)16-13(4)19-18(23)20-15(16)10-21(5)14-8-11(2)7-12(3)9-14/h7-9,13H,6,10H2,1-5H3,(H2,19,20,23). The average molecular weight is 331 g/mol. The molecule has 1 unspecified atom stereocenters. The van der Waals surface area contributed by atoms with Gasteiger partial charge in [-0.2, -0.15) is 0 Å². The average Bonchev–Trinajstić information content (AvgIpc) is 2.45. The topological polar surface area (TPSA) is 70.7 Å². The van der Waals surface area contributed by atoms with Gasteiger partial charge in [-0.15, -0.1) is 0 Å². The molecule has 6 nitrogen and oxygen atoms in total. The van der Waals surface area contributed by atoms with Gasteiger partial charge in [0.05, 0.1) is 30.5 Å². The number of hydrogen-bond donors (Lipinski definition) is 2. The number of benzene rings is 1. The molecule has 0 saturated carbocycles. The molecule has 1 heterocycles. The molecule has 0 radical (unpaired) electrons.